The highest BCUT2D eigenvalue weighted by Crippen LogP contribution is 2.04. The number of rotatable bonds is 4. The monoisotopic (exact) mass is 218 g/mol. The van der Waals surface area contributed by atoms with E-state index in [1.165, 1.54) is 0 Å². The zero-order chi connectivity index (χ0) is 9.68. The summed E-state index contributed by atoms with van der Waals surface area (Å²) in [5.41, 5.74) is 0.697. The minimum Gasteiger partial charge on any atom is -0.350 e. The second kappa shape index (κ2) is 5.13. The van der Waals surface area contributed by atoms with Crippen LogP contribution in [0.3, 0.4) is 0 Å². The molecule has 1 aromatic rings. The van der Waals surface area contributed by atoms with Crippen LogP contribution in [-0.4, -0.2) is 25.9 Å². The van der Waals surface area contributed by atoms with Crippen LogP contribution in [0.2, 0.25) is 0 Å². The second-order valence-corrected chi connectivity index (χ2v) is 4.08. The molecule has 1 heterocycles. The lowest BCUT2D eigenvalue weighted by atomic mass is 10.4. The van der Waals surface area contributed by atoms with E-state index in [1.54, 1.807) is 6.20 Å². The lowest BCUT2D eigenvalue weighted by Crippen LogP contribution is -2.24. The highest BCUT2D eigenvalue weighted by atomic mass is 32.2. The van der Waals surface area contributed by atoms with E-state index in [1.807, 2.05) is 0 Å². The molecule has 0 aliphatic carbocycles. The first kappa shape index (κ1) is 10.4. The first-order valence-electron chi connectivity index (χ1n) is 3.66. The lowest BCUT2D eigenvalue weighted by Gasteiger charge is -2.03. The molecule has 0 aliphatic heterocycles. The quantitative estimate of drug-likeness (QED) is 0.424. The van der Waals surface area contributed by atoms with Gasteiger partial charge in [0.2, 0.25) is 5.91 Å². The topological polar surface area (TPSA) is 70.7 Å². The van der Waals surface area contributed by atoms with Gasteiger partial charge in [-0.1, -0.05) is 0 Å². The zero-order valence-electron chi connectivity index (χ0n) is 6.77. The van der Waals surface area contributed by atoms with Gasteiger partial charge in [-0.25, -0.2) is 0 Å². The highest BCUT2D eigenvalue weighted by molar-refractivity contribution is 7.99. The molecule has 0 saturated carbocycles. The van der Waals surface area contributed by atoms with E-state index in [-0.39, 0.29) is 16.9 Å². The van der Waals surface area contributed by atoms with Crippen LogP contribution in [0.15, 0.2) is 6.20 Å². The first-order chi connectivity index (χ1) is 6.18. The van der Waals surface area contributed by atoms with Crippen molar-refractivity contribution in [3.8, 4) is 0 Å². The predicted octanol–water partition coefficient (Wildman–Crippen LogP) is -0.00330. The molecule has 1 amide bonds. The fourth-order valence-electron chi connectivity index (χ4n) is 0.738. The molecule has 2 N–H and O–H groups in total. The van der Waals surface area contributed by atoms with E-state index < -0.39 is 0 Å². The normalized spacial score (nSPS) is 10.4. The first-order valence-corrected chi connectivity index (χ1v) is 4.69. The molecule has 0 aromatic carbocycles. The van der Waals surface area contributed by atoms with E-state index in [9.17, 15) is 4.79 Å². The van der Waals surface area contributed by atoms with Crippen molar-refractivity contribution in [3.05, 3.63) is 11.9 Å². The molecule has 72 valence electrons. The molecule has 13 heavy (non-hydrogen) atoms. The molecule has 0 unspecified atom stereocenters. The van der Waals surface area contributed by atoms with Crippen molar-refractivity contribution >= 4 is 31.2 Å². The summed E-state index contributed by atoms with van der Waals surface area (Å²) in [4.78, 5) is 11.1. The summed E-state index contributed by atoms with van der Waals surface area (Å²) in [5.74, 6) is -0.0991. The van der Waals surface area contributed by atoms with E-state index in [4.69, 9.17) is 0 Å². The van der Waals surface area contributed by atoms with Gasteiger partial charge in [0.05, 0.1) is 17.3 Å². The van der Waals surface area contributed by atoms with Crippen molar-refractivity contribution in [2.24, 2.45) is 0 Å². The Morgan fingerprint density at radius 1 is 1.69 bits per heavy atom. The largest absolute Gasteiger partial charge is 0.350 e. The maximum absolute atomic E-state index is 11.1. The molecule has 0 bridgehead atoms. The van der Waals surface area contributed by atoms with Gasteiger partial charge in [-0.3, -0.25) is 4.79 Å². The van der Waals surface area contributed by atoms with Gasteiger partial charge in [0.15, 0.2) is 0 Å². The number of carbonyl (C=O) groups is 1. The smallest absolute Gasteiger partial charge is 0.222 e. The number of amides is 1. The third-order valence-electron chi connectivity index (χ3n) is 1.30. The van der Waals surface area contributed by atoms with Crippen molar-refractivity contribution in [3.63, 3.8) is 0 Å². The fourth-order valence-corrected chi connectivity index (χ4v) is 1.07. The molecule has 0 aliphatic rings. The molecular weight excluding hydrogens is 208 g/mol. The van der Waals surface area contributed by atoms with Gasteiger partial charge < -0.3 is 5.32 Å². The molecule has 0 spiro atoms. The summed E-state index contributed by atoms with van der Waals surface area (Å²) in [7, 11) is 0. The summed E-state index contributed by atoms with van der Waals surface area (Å²) in [6, 6.07) is 0. The molecule has 1 rings (SSSR count). The van der Waals surface area contributed by atoms with Gasteiger partial charge >= 0.3 is 0 Å². The summed E-state index contributed by atoms with van der Waals surface area (Å²) >= 11 is 7.95. The summed E-state index contributed by atoms with van der Waals surface area (Å²) < 4.78 is -0.225. The number of nitrogens with one attached hydrogen (secondary N) is 2. The van der Waals surface area contributed by atoms with Crippen LogP contribution in [0.1, 0.15) is 12.1 Å². The number of nitrogens with zero attached hydrogens (tertiary/aromatic N) is 2. The number of thiol groups is 2. The van der Waals surface area contributed by atoms with Crippen LogP contribution >= 0.6 is 25.3 Å². The van der Waals surface area contributed by atoms with Crippen LogP contribution in [-0.2, 0) is 11.3 Å². The Balaban J connectivity index is 2.23. The van der Waals surface area contributed by atoms with Gasteiger partial charge in [-0.2, -0.15) is 40.7 Å². The standard InChI is InChI=1S/C6H10N4OS2/c11-5(1-6(12)13)7-2-4-3-8-10-9-4/h3,6,12-13H,1-2H2,(H,7,11)(H,8,9,10). The zero-order valence-corrected chi connectivity index (χ0v) is 8.55. The highest BCUT2D eigenvalue weighted by Gasteiger charge is 2.05. The number of aromatic nitrogens is 3. The minimum atomic E-state index is -0.225. The number of hydrogen-bond acceptors (Lipinski definition) is 5. The third-order valence-corrected chi connectivity index (χ3v) is 1.66. The average molecular weight is 218 g/mol. The average Bonchev–Trinajstić information content (AvgIpc) is 2.51. The molecule has 0 atom stereocenters. The number of aromatic amines is 1. The van der Waals surface area contributed by atoms with Crippen molar-refractivity contribution in [2.45, 2.75) is 17.5 Å². The van der Waals surface area contributed by atoms with Crippen LogP contribution in [0.4, 0.5) is 0 Å². The maximum atomic E-state index is 11.1. The Hall–Kier alpha value is -0.690. The van der Waals surface area contributed by atoms with Crippen LogP contribution in [0, 0.1) is 0 Å². The Labute approximate surface area is 86.5 Å². The fraction of sp³-hybridized carbons (Fsp3) is 0.500. The Morgan fingerprint density at radius 2 is 2.46 bits per heavy atom. The Bertz CT molecular complexity index is 262. The summed E-state index contributed by atoms with van der Waals surface area (Å²) in [6.45, 7) is 0.379. The third kappa shape index (κ3) is 4.18. The Kier molecular flexibility index (Phi) is 4.10. The van der Waals surface area contributed by atoms with Crippen LogP contribution < -0.4 is 5.32 Å². The van der Waals surface area contributed by atoms with Crippen LogP contribution in [0.25, 0.3) is 0 Å². The molecule has 5 nitrogen and oxygen atoms in total. The molecule has 0 radical (unpaired) electrons. The Morgan fingerprint density at radius 3 is 3.00 bits per heavy atom. The SMILES string of the molecule is O=C(CC(S)S)NCc1cn[nH]n1. The van der Waals surface area contributed by atoms with E-state index in [0.29, 0.717) is 12.2 Å². The number of hydrogen-bond donors (Lipinski definition) is 4. The molecular formula is C6H10N4OS2. The lowest BCUT2D eigenvalue weighted by molar-refractivity contribution is -0.120. The predicted molar refractivity (Wildman–Crippen MR) is 54.6 cm³/mol. The second-order valence-electron chi connectivity index (χ2n) is 2.42. The summed E-state index contributed by atoms with van der Waals surface area (Å²) in [6.07, 6.45) is 1.84. The van der Waals surface area contributed by atoms with Crippen LogP contribution in [0.5, 0.6) is 0 Å². The van der Waals surface area contributed by atoms with Gasteiger partial charge in [-0.05, 0) is 0 Å². The van der Waals surface area contributed by atoms with Crippen molar-refractivity contribution < 1.29 is 4.79 Å². The van der Waals surface area contributed by atoms with E-state index in [0.717, 1.165) is 0 Å². The molecule has 0 saturated heterocycles. The van der Waals surface area contributed by atoms with Gasteiger partial charge in [-0.15, -0.1) is 0 Å². The minimum absolute atomic E-state index is 0.0991. The van der Waals surface area contributed by atoms with Crippen molar-refractivity contribution in [2.75, 3.05) is 0 Å². The van der Waals surface area contributed by atoms with Gasteiger partial charge in [0.1, 0.15) is 5.69 Å². The van der Waals surface area contributed by atoms with E-state index >= 15 is 0 Å². The van der Waals surface area contributed by atoms with Crippen molar-refractivity contribution in [1.82, 2.24) is 20.7 Å². The number of carbonyl (C=O) groups excluding carboxylic acids is 1. The molecule has 7 heteroatoms. The summed E-state index contributed by atoms with van der Waals surface area (Å²) in [5, 5.41) is 12.5. The molecule has 0 fully saturated rings. The molecule has 1 aromatic heterocycles. The number of H-pyrrole nitrogens is 1. The van der Waals surface area contributed by atoms with Gasteiger partial charge in [0.25, 0.3) is 0 Å². The maximum Gasteiger partial charge on any atom is 0.222 e. The van der Waals surface area contributed by atoms with Gasteiger partial charge in [0, 0.05) is 6.42 Å². The van der Waals surface area contributed by atoms with Crippen molar-refractivity contribution in [1.29, 1.82) is 0 Å². The van der Waals surface area contributed by atoms with E-state index in [2.05, 4.69) is 46.0 Å².